The molecule has 0 aliphatic rings. The minimum Gasteiger partial charge on any atom is -0.505 e. The molecule has 1 aromatic heterocycles. The molecule has 0 saturated heterocycles. The second kappa shape index (κ2) is 6.91. The molecule has 0 aliphatic heterocycles. The summed E-state index contributed by atoms with van der Waals surface area (Å²) in [7, 11) is 0. The van der Waals surface area contributed by atoms with E-state index in [1.54, 1.807) is 12.1 Å². The molecule has 25 heavy (non-hydrogen) atoms. The minimum absolute atomic E-state index is 0. The molecule has 3 aromatic carbocycles. The molecule has 0 radical (unpaired) electrons. The zero-order valence-corrected chi connectivity index (χ0v) is 14.0. The molecule has 0 amide bonds. The maximum Gasteiger partial charge on any atom is 0.150 e. The summed E-state index contributed by atoms with van der Waals surface area (Å²) in [6.07, 6.45) is 0. The molecular formula is C21H15ClFNO. The zero-order valence-electron chi connectivity index (χ0n) is 13.2. The molecule has 0 aliphatic carbocycles. The SMILES string of the molecule is Cl.Oc1c(-c2ccc(F)cc2)nc2ccccc2c1-c1ccccc1. The average Bonchev–Trinajstić information content (AvgIpc) is 2.63. The fraction of sp³-hybridized carbons (Fsp3) is 0. The van der Waals surface area contributed by atoms with Crippen LogP contribution in [0.3, 0.4) is 0 Å². The van der Waals surface area contributed by atoms with Crippen molar-refractivity contribution in [3.05, 3.63) is 84.7 Å². The van der Waals surface area contributed by atoms with Gasteiger partial charge in [0.2, 0.25) is 0 Å². The Balaban J connectivity index is 0.00000182. The van der Waals surface area contributed by atoms with E-state index in [1.165, 1.54) is 12.1 Å². The van der Waals surface area contributed by atoms with E-state index >= 15 is 0 Å². The highest BCUT2D eigenvalue weighted by Gasteiger charge is 2.17. The van der Waals surface area contributed by atoms with Gasteiger partial charge in [-0.1, -0.05) is 48.5 Å². The smallest absolute Gasteiger partial charge is 0.150 e. The van der Waals surface area contributed by atoms with Crippen molar-refractivity contribution < 1.29 is 9.50 Å². The van der Waals surface area contributed by atoms with Gasteiger partial charge < -0.3 is 5.11 Å². The standard InChI is InChI=1S/C21H14FNO.ClH/c22-16-12-10-15(11-13-16)20-21(24)19(14-6-2-1-3-7-14)17-8-4-5-9-18(17)23-20;/h1-13,24H;1H. The van der Waals surface area contributed by atoms with Crippen LogP contribution >= 0.6 is 12.4 Å². The molecule has 2 nitrogen and oxygen atoms in total. The summed E-state index contributed by atoms with van der Waals surface area (Å²) in [6.45, 7) is 0. The highest BCUT2D eigenvalue weighted by Crippen LogP contribution is 2.41. The number of aromatic nitrogens is 1. The monoisotopic (exact) mass is 351 g/mol. The van der Waals surface area contributed by atoms with Crippen LogP contribution in [0.4, 0.5) is 4.39 Å². The van der Waals surface area contributed by atoms with Crippen LogP contribution in [-0.4, -0.2) is 10.1 Å². The third kappa shape index (κ3) is 3.06. The molecule has 0 unspecified atom stereocenters. The molecule has 0 saturated carbocycles. The molecule has 0 fully saturated rings. The molecule has 4 aromatic rings. The fourth-order valence-electron chi connectivity index (χ4n) is 2.91. The lowest BCUT2D eigenvalue weighted by atomic mass is 9.97. The Labute approximate surface area is 151 Å². The van der Waals surface area contributed by atoms with Crippen LogP contribution in [0.5, 0.6) is 5.75 Å². The largest absolute Gasteiger partial charge is 0.505 e. The summed E-state index contributed by atoms with van der Waals surface area (Å²) < 4.78 is 13.2. The van der Waals surface area contributed by atoms with E-state index in [9.17, 15) is 9.50 Å². The summed E-state index contributed by atoms with van der Waals surface area (Å²) in [5.74, 6) is -0.214. The van der Waals surface area contributed by atoms with Gasteiger partial charge in [0.25, 0.3) is 0 Å². The number of nitrogens with zero attached hydrogens (tertiary/aromatic N) is 1. The first kappa shape index (κ1) is 16.9. The van der Waals surface area contributed by atoms with Crippen molar-refractivity contribution in [2.24, 2.45) is 0 Å². The number of rotatable bonds is 2. The lowest BCUT2D eigenvalue weighted by molar-refractivity contribution is 0.478. The van der Waals surface area contributed by atoms with Gasteiger partial charge in [-0.05, 0) is 35.9 Å². The van der Waals surface area contributed by atoms with Crippen LogP contribution in [0.2, 0.25) is 0 Å². The first-order valence-corrected chi connectivity index (χ1v) is 7.67. The Morgan fingerprint density at radius 3 is 2.08 bits per heavy atom. The lowest BCUT2D eigenvalue weighted by Crippen LogP contribution is -1.92. The zero-order chi connectivity index (χ0) is 16.5. The number of benzene rings is 3. The average molecular weight is 352 g/mol. The van der Waals surface area contributed by atoms with E-state index in [-0.39, 0.29) is 24.0 Å². The Bertz CT molecular complexity index is 1020. The number of aromatic hydroxyl groups is 1. The molecule has 0 atom stereocenters. The van der Waals surface area contributed by atoms with Crippen molar-refractivity contribution >= 4 is 23.3 Å². The quantitative estimate of drug-likeness (QED) is 0.492. The van der Waals surface area contributed by atoms with Crippen molar-refractivity contribution in [3.8, 4) is 28.1 Å². The van der Waals surface area contributed by atoms with Gasteiger partial charge in [0, 0.05) is 16.5 Å². The summed E-state index contributed by atoms with van der Waals surface area (Å²) in [5.41, 5.74) is 3.57. The number of hydrogen-bond acceptors (Lipinski definition) is 2. The number of hydrogen-bond donors (Lipinski definition) is 1. The van der Waals surface area contributed by atoms with E-state index in [4.69, 9.17) is 0 Å². The van der Waals surface area contributed by atoms with Crippen molar-refractivity contribution in [2.75, 3.05) is 0 Å². The Hall–Kier alpha value is -2.91. The third-order valence-electron chi connectivity index (χ3n) is 4.05. The second-order valence-corrected chi connectivity index (χ2v) is 5.57. The topological polar surface area (TPSA) is 33.1 Å². The normalized spacial score (nSPS) is 10.4. The van der Waals surface area contributed by atoms with Crippen LogP contribution in [0, 0.1) is 5.82 Å². The molecule has 1 N–H and O–H groups in total. The maximum absolute atomic E-state index is 13.2. The van der Waals surface area contributed by atoms with Crippen molar-refractivity contribution in [1.29, 1.82) is 0 Å². The van der Waals surface area contributed by atoms with Crippen molar-refractivity contribution in [1.82, 2.24) is 4.98 Å². The van der Waals surface area contributed by atoms with Gasteiger partial charge in [0.1, 0.15) is 17.3 Å². The highest BCUT2D eigenvalue weighted by molar-refractivity contribution is 6.00. The first-order chi connectivity index (χ1) is 11.7. The van der Waals surface area contributed by atoms with E-state index in [2.05, 4.69) is 4.98 Å². The van der Waals surface area contributed by atoms with Crippen LogP contribution in [0.15, 0.2) is 78.9 Å². The van der Waals surface area contributed by atoms with Crippen molar-refractivity contribution in [2.45, 2.75) is 0 Å². The van der Waals surface area contributed by atoms with Gasteiger partial charge >= 0.3 is 0 Å². The molecule has 4 rings (SSSR count). The van der Waals surface area contributed by atoms with E-state index in [0.717, 1.165) is 22.0 Å². The number of pyridine rings is 1. The predicted molar refractivity (Wildman–Crippen MR) is 101 cm³/mol. The van der Waals surface area contributed by atoms with Crippen LogP contribution in [0.25, 0.3) is 33.3 Å². The van der Waals surface area contributed by atoms with E-state index < -0.39 is 0 Å². The first-order valence-electron chi connectivity index (χ1n) is 7.67. The minimum atomic E-state index is -0.317. The van der Waals surface area contributed by atoms with Gasteiger partial charge in [-0.3, -0.25) is 0 Å². The van der Waals surface area contributed by atoms with Crippen LogP contribution in [-0.2, 0) is 0 Å². The maximum atomic E-state index is 13.2. The highest BCUT2D eigenvalue weighted by atomic mass is 35.5. The van der Waals surface area contributed by atoms with Crippen LogP contribution < -0.4 is 0 Å². The molecule has 1 heterocycles. The third-order valence-corrected chi connectivity index (χ3v) is 4.05. The van der Waals surface area contributed by atoms with Crippen LogP contribution in [0.1, 0.15) is 0 Å². The van der Waals surface area contributed by atoms with Gasteiger partial charge in [0.05, 0.1) is 5.52 Å². The summed E-state index contributed by atoms with van der Waals surface area (Å²) in [5, 5.41) is 11.8. The second-order valence-electron chi connectivity index (χ2n) is 5.57. The molecule has 0 spiro atoms. The van der Waals surface area contributed by atoms with Crippen molar-refractivity contribution in [3.63, 3.8) is 0 Å². The van der Waals surface area contributed by atoms with E-state index in [1.807, 2.05) is 54.6 Å². The van der Waals surface area contributed by atoms with Gasteiger partial charge in [-0.2, -0.15) is 0 Å². The number of halogens is 2. The molecule has 4 heteroatoms. The predicted octanol–water partition coefficient (Wildman–Crippen LogP) is 5.84. The Morgan fingerprint density at radius 2 is 1.36 bits per heavy atom. The number of fused-ring (bicyclic) bond motifs is 1. The summed E-state index contributed by atoms with van der Waals surface area (Å²) >= 11 is 0. The molecule has 0 bridgehead atoms. The Morgan fingerprint density at radius 1 is 0.720 bits per heavy atom. The number of para-hydroxylation sites is 1. The Kier molecular flexibility index (Phi) is 4.68. The fourth-order valence-corrected chi connectivity index (χ4v) is 2.91. The van der Waals surface area contributed by atoms with E-state index in [0.29, 0.717) is 11.3 Å². The molecular weight excluding hydrogens is 337 g/mol. The summed E-state index contributed by atoms with van der Waals surface area (Å²) in [6, 6.07) is 23.4. The molecule has 124 valence electrons. The van der Waals surface area contributed by atoms with Gasteiger partial charge in [0.15, 0.2) is 0 Å². The lowest BCUT2D eigenvalue weighted by Gasteiger charge is -2.13. The summed E-state index contributed by atoms with van der Waals surface area (Å²) in [4.78, 5) is 4.59. The van der Waals surface area contributed by atoms with Gasteiger partial charge in [-0.25, -0.2) is 9.37 Å². The van der Waals surface area contributed by atoms with Gasteiger partial charge in [-0.15, -0.1) is 12.4 Å².